The fourth-order valence-corrected chi connectivity index (χ4v) is 2.64. The molecule has 0 spiro atoms. The topological polar surface area (TPSA) is 47.3 Å². The van der Waals surface area contributed by atoms with E-state index in [4.69, 9.17) is 4.74 Å². The SMILES string of the molecule is Cc1nn(C)c(CC(O)C2CCCO2)c1Br. The van der Waals surface area contributed by atoms with E-state index in [1.54, 1.807) is 0 Å². The van der Waals surface area contributed by atoms with E-state index < -0.39 is 6.10 Å². The van der Waals surface area contributed by atoms with E-state index in [0.29, 0.717) is 6.42 Å². The van der Waals surface area contributed by atoms with Gasteiger partial charge in [0, 0.05) is 20.1 Å². The summed E-state index contributed by atoms with van der Waals surface area (Å²) in [5.74, 6) is 0. The minimum atomic E-state index is -0.436. The highest BCUT2D eigenvalue weighted by Crippen LogP contribution is 2.24. The summed E-state index contributed by atoms with van der Waals surface area (Å²) < 4.78 is 8.29. The van der Waals surface area contributed by atoms with E-state index >= 15 is 0 Å². The van der Waals surface area contributed by atoms with Gasteiger partial charge in [-0.25, -0.2) is 0 Å². The Morgan fingerprint density at radius 3 is 2.94 bits per heavy atom. The number of ether oxygens (including phenoxy) is 1. The molecule has 0 amide bonds. The summed E-state index contributed by atoms with van der Waals surface area (Å²) in [5.41, 5.74) is 1.98. The lowest BCUT2D eigenvalue weighted by Gasteiger charge is -2.17. The molecule has 0 aromatic carbocycles. The highest BCUT2D eigenvalue weighted by Gasteiger charge is 2.26. The summed E-state index contributed by atoms with van der Waals surface area (Å²) in [7, 11) is 1.90. The third kappa shape index (κ3) is 2.31. The molecule has 1 aromatic heterocycles. The number of nitrogens with zero attached hydrogens (tertiary/aromatic N) is 2. The molecule has 16 heavy (non-hydrogen) atoms. The average molecular weight is 289 g/mol. The number of aliphatic hydroxyl groups excluding tert-OH is 1. The van der Waals surface area contributed by atoms with Gasteiger partial charge in [0.15, 0.2) is 0 Å². The van der Waals surface area contributed by atoms with Gasteiger partial charge in [-0.05, 0) is 35.7 Å². The molecule has 90 valence electrons. The van der Waals surface area contributed by atoms with Crippen molar-refractivity contribution in [3.8, 4) is 0 Å². The minimum absolute atomic E-state index is 0.0119. The van der Waals surface area contributed by atoms with Crippen molar-refractivity contribution in [2.24, 2.45) is 7.05 Å². The monoisotopic (exact) mass is 288 g/mol. The molecule has 0 aliphatic carbocycles. The quantitative estimate of drug-likeness (QED) is 0.919. The summed E-state index contributed by atoms with van der Waals surface area (Å²) >= 11 is 3.50. The Bertz CT molecular complexity index is 372. The van der Waals surface area contributed by atoms with Gasteiger partial charge in [0.2, 0.25) is 0 Å². The third-order valence-corrected chi connectivity index (χ3v) is 4.09. The van der Waals surface area contributed by atoms with Crippen molar-refractivity contribution in [2.45, 2.75) is 38.4 Å². The van der Waals surface area contributed by atoms with Gasteiger partial charge < -0.3 is 9.84 Å². The number of aryl methyl sites for hydroxylation is 2. The Hall–Kier alpha value is -0.390. The zero-order valence-electron chi connectivity index (χ0n) is 9.61. The highest BCUT2D eigenvalue weighted by molar-refractivity contribution is 9.10. The molecule has 2 rings (SSSR count). The smallest absolute Gasteiger partial charge is 0.0857 e. The minimum Gasteiger partial charge on any atom is -0.390 e. The van der Waals surface area contributed by atoms with E-state index in [0.717, 1.165) is 35.3 Å². The first kappa shape index (κ1) is 12.1. The summed E-state index contributed by atoms with van der Waals surface area (Å²) in [6, 6.07) is 0. The zero-order chi connectivity index (χ0) is 11.7. The van der Waals surface area contributed by atoms with Crippen LogP contribution in [0.5, 0.6) is 0 Å². The van der Waals surface area contributed by atoms with Gasteiger partial charge in [0.25, 0.3) is 0 Å². The van der Waals surface area contributed by atoms with E-state index in [1.807, 2.05) is 18.7 Å². The van der Waals surface area contributed by atoms with Gasteiger partial charge in [-0.2, -0.15) is 5.10 Å². The molecular formula is C11H17BrN2O2. The van der Waals surface area contributed by atoms with Gasteiger partial charge in [0.1, 0.15) is 0 Å². The largest absolute Gasteiger partial charge is 0.390 e. The maximum Gasteiger partial charge on any atom is 0.0857 e. The molecule has 0 saturated carbocycles. The van der Waals surface area contributed by atoms with Crippen molar-refractivity contribution in [1.29, 1.82) is 0 Å². The summed E-state index contributed by atoms with van der Waals surface area (Å²) in [5, 5.41) is 14.4. The van der Waals surface area contributed by atoms with E-state index in [2.05, 4.69) is 21.0 Å². The van der Waals surface area contributed by atoms with Crippen LogP contribution in [-0.2, 0) is 18.2 Å². The number of halogens is 1. The van der Waals surface area contributed by atoms with Gasteiger partial charge in [0.05, 0.1) is 28.1 Å². The predicted octanol–water partition coefficient (Wildman–Crippen LogP) is 1.57. The lowest BCUT2D eigenvalue weighted by Crippen LogP contribution is -2.28. The molecule has 2 unspecified atom stereocenters. The van der Waals surface area contributed by atoms with Crippen molar-refractivity contribution in [3.63, 3.8) is 0 Å². The van der Waals surface area contributed by atoms with Crippen LogP contribution in [-0.4, -0.2) is 33.7 Å². The Balaban J connectivity index is 2.07. The van der Waals surface area contributed by atoms with Crippen LogP contribution in [0.2, 0.25) is 0 Å². The van der Waals surface area contributed by atoms with Crippen molar-refractivity contribution in [2.75, 3.05) is 6.61 Å². The molecule has 0 radical (unpaired) electrons. The summed E-state index contributed by atoms with van der Waals surface area (Å²) in [6.07, 6.45) is 2.14. The van der Waals surface area contributed by atoms with E-state index in [1.165, 1.54) is 0 Å². The first-order chi connectivity index (χ1) is 7.59. The Labute approximate surface area is 104 Å². The normalized spacial score (nSPS) is 22.6. The molecule has 1 aliphatic heterocycles. The van der Waals surface area contributed by atoms with Crippen LogP contribution in [0, 0.1) is 6.92 Å². The van der Waals surface area contributed by atoms with Gasteiger partial charge in [-0.1, -0.05) is 0 Å². The van der Waals surface area contributed by atoms with Crippen LogP contribution in [0.4, 0.5) is 0 Å². The van der Waals surface area contributed by atoms with Crippen LogP contribution in [0.25, 0.3) is 0 Å². The average Bonchev–Trinajstić information content (AvgIpc) is 2.83. The summed E-state index contributed by atoms with van der Waals surface area (Å²) in [4.78, 5) is 0. The lowest BCUT2D eigenvalue weighted by molar-refractivity contribution is -0.00167. The van der Waals surface area contributed by atoms with Crippen molar-refractivity contribution < 1.29 is 9.84 Å². The lowest BCUT2D eigenvalue weighted by atomic mass is 10.1. The standard InChI is InChI=1S/C11H17BrN2O2/c1-7-11(12)8(14(2)13-7)6-9(15)10-4-3-5-16-10/h9-10,15H,3-6H2,1-2H3. The molecule has 1 saturated heterocycles. The molecule has 5 heteroatoms. The molecule has 0 bridgehead atoms. The van der Waals surface area contributed by atoms with Crippen LogP contribution >= 0.6 is 15.9 Å². The molecule has 1 aliphatic rings. The zero-order valence-corrected chi connectivity index (χ0v) is 11.2. The fraction of sp³-hybridized carbons (Fsp3) is 0.727. The van der Waals surface area contributed by atoms with Crippen molar-refractivity contribution in [3.05, 3.63) is 15.9 Å². The Kier molecular flexibility index (Phi) is 3.66. The van der Waals surface area contributed by atoms with Gasteiger partial charge >= 0.3 is 0 Å². The molecule has 2 atom stereocenters. The predicted molar refractivity (Wildman–Crippen MR) is 64.3 cm³/mol. The van der Waals surface area contributed by atoms with Crippen LogP contribution in [0.15, 0.2) is 4.47 Å². The van der Waals surface area contributed by atoms with Crippen LogP contribution < -0.4 is 0 Å². The maximum absolute atomic E-state index is 10.1. The molecule has 1 fully saturated rings. The van der Waals surface area contributed by atoms with E-state index in [-0.39, 0.29) is 6.10 Å². The highest BCUT2D eigenvalue weighted by atomic mass is 79.9. The number of aromatic nitrogens is 2. The number of hydrogen-bond donors (Lipinski definition) is 1. The van der Waals surface area contributed by atoms with Crippen LogP contribution in [0.3, 0.4) is 0 Å². The molecule has 4 nitrogen and oxygen atoms in total. The van der Waals surface area contributed by atoms with Gasteiger partial charge in [-0.3, -0.25) is 4.68 Å². The molecule has 1 aromatic rings. The first-order valence-corrected chi connectivity index (χ1v) is 6.36. The molecule has 1 N–H and O–H groups in total. The fourth-order valence-electron chi connectivity index (χ4n) is 2.14. The second-order valence-corrected chi connectivity index (χ2v) is 5.09. The van der Waals surface area contributed by atoms with Crippen LogP contribution in [0.1, 0.15) is 24.2 Å². The van der Waals surface area contributed by atoms with Gasteiger partial charge in [-0.15, -0.1) is 0 Å². The van der Waals surface area contributed by atoms with E-state index in [9.17, 15) is 5.11 Å². The van der Waals surface area contributed by atoms with Crippen molar-refractivity contribution >= 4 is 15.9 Å². The third-order valence-electron chi connectivity index (χ3n) is 3.06. The summed E-state index contributed by atoms with van der Waals surface area (Å²) in [6.45, 7) is 2.72. The molecular weight excluding hydrogens is 272 g/mol. The number of aliphatic hydroxyl groups is 1. The second-order valence-electron chi connectivity index (χ2n) is 4.29. The maximum atomic E-state index is 10.1. The first-order valence-electron chi connectivity index (χ1n) is 5.57. The number of hydrogen-bond acceptors (Lipinski definition) is 3. The Morgan fingerprint density at radius 2 is 2.44 bits per heavy atom. The van der Waals surface area contributed by atoms with Crippen molar-refractivity contribution in [1.82, 2.24) is 9.78 Å². The second kappa shape index (κ2) is 4.85. The number of rotatable bonds is 3. The Morgan fingerprint density at radius 1 is 1.69 bits per heavy atom. The molecule has 2 heterocycles.